The molecule has 0 bridgehead atoms. The van der Waals surface area contributed by atoms with E-state index in [0.29, 0.717) is 25.1 Å². The monoisotopic (exact) mass is 345 g/mol. The highest BCUT2D eigenvalue weighted by molar-refractivity contribution is 5.95. The number of hydrogen-bond acceptors (Lipinski definition) is 5. The molecule has 1 saturated heterocycles. The third-order valence-corrected chi connectivity index (χ3v) is 4.65. The van der Waals surface area contributed by atoms with E-state index in [0.717, 1.165) is 16.7 Å². The van der Waals surface area contributed by atoms with Crippen LogP contribution in [0.4, 0.5) is 4.79 Å². The number of esters is 1. The standard InChI is InChI=1S/C19H23NO5/c1-11-12(5-6-13-15(11)10-24-17(13)22)14-9-20(8-7-16(14)21)18(23)25-19(2,3)4/h5-6,14H,7-10H2,1-4H3. The van der Waals surface area contributed by atoms with Gasteiger partial charge in [-0.05, 0) is 44.9 Å². The van der Waals surface area contributed by atoms with Gasteiger partial charge in [0.15, 0.2) is 0 Å². The van der Waals surface area contributed by atoms with Gasteiger partial charge in [0.1, 0.15) is 18.0 Å². The number of likely N-dealkylation sites (tertiary alicyclic amines) is 1. The van der Waals surface area contributed by atoms with Gasteiger partial charge in [-0.25, -0.2) is 9.59 Å². The van der Waals surface area contributed by atoms with Crippen LogP contribution >= 0.6 is 0 Å². The van der Waals surface area contributed by atoms with Crippen LogP contribution in [0.1, 0.15) is 60.2 Å². The molecule has 0 N–H and O–H groups in total. The number of rotatable bonds is 1. The van der Waals surface area contributed by atoms with Crippen LogP contribution < -0.4 is 0 Å². The second kappa shape index (κ2) is 6.17. The number of Topliss-reactive ketones (excluding diaryl/α,β-unsaturated/α-hetero) is 1. The largest absolute Gasteiger partial charge is 0.457 e. The first-order valence-electron chi connectivity index (χ1n) is 8.47. The quantitative estimate of drug-likeness (QED) is 0.732. The average molecular weight is 345 g/mol. The van der Waals surface area contributed by atoms with Crippen molar-refractivity contribution in [3.8, 4) is 0 Å². The van der Waals surface area contributed by atoms with Crippen LogP contribution in [0.5, 0.6) is 0 Å². The van der Waals surface area contributed by atoms with Gasteiger partial charge in [-0.1, -0.05) is 6.07 Å². The van der Waals surface area contributed by atoms with Gasteiger partial charge in [0, 0.05) is 25.1 Å². The Kier molecular flexibility index (Phi) is 4.31. The number of carbonyl (C=O) groups is 3. The molecule has 0 spiro atoms. The number of cyclic esters (lactones) is 1. The van der Waals surface area contributed by atoms with Gasteiger partial charge >= 0.3 is 12.1 Å². The summed E-state index contributed by atoms with van der Waals surface area (Å²) in [5.74, 6) is -0.620. The first-order chi connectivity index (χ1) is 11.7. The minimum absolute atomic E-state index is 0.105. The zero-order valence-corrected chi connectivity index (χ0v) is 15.0. The summed E-state index contributed by atoms with van der Waals surface area (Å²) in [6.45, 7) is 8.26. The Balaban J connectivity index is 1.85. The number of hydrogen-bond donors (Lipinski definition) is 0. The van der Waals surface area contributed by atoms with Gasteiger partial charge in [0.25, 0.3) is 0 Å². The Labute approximate surface area is 147 Å². The van der Waals surface area contributed by atoms with Gasteiger partial charge in [-0.15, -0.1) is 0 Å². The number of benzene rings is 1. The number of nitrogens with zero attached hydrogens (tertiary/aromatic N) is 1. The summed E-state index contributed by atoms with van der Waals surface area (Å²) in [7, 11) is 0. The van der Waals surface area contributed by atoms with Crippen LogP contribution in [0, 0.1) is 6.92 Å². The molecule has 1 amide bonds. The minimum Gasteiger partial charge on any atom is -0.457 e. The van der Waals surface area contributed by atoms with Crippen LogP contribution in [0.25, 0.3) is 0 Å². The third-order valence-electron chi connectivity index (χ3n) is 4.65. The molecule has 134 valence electrons. The van der Waals surface area contributed by atoms with Gasteiger partial charge in [-0.2, -0.15) is 0 Å². The number of piperidine rings is 1. The SMILES string of the molecule is Cc1c(C2CN(C(=O)OC(C)(C)C)CCC2=O)ccc2c1COC2=O. The molecule has 6 nitrogen and oxygen atoms in total. The molecule has 1 unspecified atom stereocenters. The van der Waals surface area contributed by atoms with Gasteiger partial charge in [-0.3, -0.25) is 4.79 Å². The Morgan fingerprint density at radius 3 is 2.68 bits per heavy atom. The molecule has 1 aromatic rings. The van der Waals surface area contributed by atoms with E-state index in [1.54, 1.807) is 11.0 Å². The molecule has 2 aliphatic heterocycles. The Bertz CT molecular complexity index is 747. The third kappa shape index (κ3) is 3.38. The number of carbonyl (C=O) groups excluding carboxylic acids is 3. The molecular formula is C19H23NO5. The van der Waals surface area contributed by atoms with Crippen molar-refractivity contribution < 1.29 is 23.9 Å². The second-order valence-electron chi connectivity index (χ2n) is 7.58. The predicted molar refractivity (Wildman–Crippen MR) is 90.5 cm³/mol. The molecule has 1 atom stereocenters. The summed E-state index contributed by atoms with van der Waals surface area (Å²) < 4.78 is 10.5. The highest BCUT2D eigenvalue weighted by Crippen LogP contribution is 2.33. The smallest absolute Gasteiger partial charge is 0.410 e. The maximum absolute atomic E-state index is 12.5. The van der Waals surface area contributed by atoms with Crippen LogP contribution in [0.2, 0.25) is 0 Å². The van der Waals surface area contributed by atoms with Crippen LogP contribution in [-0.2, 0) is 20.9 Å². The van der Waals surface area contributed by atoms with E-state index < -0.39 is 17.6 Å². The fourth-order valence-electron chi connectivity index (χ4n) is 3.34. The lowest BCUT2D eigenvalue weighted by molar-refractivity contribution is -0.123. The van der Waals surface area contributed by atoms with E-state index in [1.165, 1.54) is 0 Å². The molecule has 0 radical (unpaired) electrons. The van der Waals surface area contributed by atoms with Crippen molar-refractivity contribution in [2.75, 3.05) is 13.1 Å². The first-order valence-corrected chi connectivity index (χ1v) is 8.47. The molecule has 1 aromatic carbocycles. The molecule has 1 fully saturated rings. The predicted octanol–water partition coefficient (Wildman–Crippen LogP) is 2.96. The topological polar surface area (TPSA) is 72.9 Å². The van der Waals surface area contributed by atoms with Crippen LogP contribution in [-0.4, -0.2) is 41.4 Å². The zero-order valence-electron chi connectivity index (χ0n) is 15.0. The van der Waals surface area contributed by atoms with Crippen molar-refractivity contribution in [1.29, 1.82) is 0 Å². The number of amides is 1. The maximum atomic E-state index is 12.5. The first kappa shape index (κ1) is 17.5. The number of fused-ring (bicyclic) bond motifs is 1. The van der Waals surface area contributed by atoms with E-state index in [-0.39, 0.29) is 18.4 Å². The van der Waals surface area contributed by atoms with Gasteiger partial charge < -0.3 is 14.4 Å². The van der Waals surface area contributed by atoms with Gasteiger partial charge in [0.2, 0.25) is 0 Å². The van der Waals surface area contributed by atoms with E-state index in [4.69, 9.17) is 9.47 Å². The lowest BCUT2D eigenvalue weighted by Gasteiger charge is -2.34. The van der Waals surface area contributed by atoms with Crippen molar-refractivity contribution in [2.24, 2.45) is 0 Å². The summed E-state index contributed by atoms with van der Waals surface area (Å²) in [6, 6.07) is 3.52. The van der Waals surface area contributed by atoms with E-state index in [9.17, 15) is 14.4 Å². The Morgan fingerprint density at radius 2 is 2.00 bits per heavy atom. The fourth-order valence-corrected chi connectivity index (χ4v) is 3.34. The maximum Gasteiger partial charge on any atom is 0.410 e. The van der Waals surface area contributed by atoms with Crippen molar-refractivity contribution >= 4 is 17.8 Å². The summed E-state index contributed by atoms with van der Waals surface area (Å²) in [4.78, 5) is 38.1. The van der Waals surface area contributed by atoms with Gasteiger partial charge in [0.05, 0.1) is 11.5 Å². The number of ketones is 1. The molecule has 0 saturated carbocycles. The molecular weight excluding hydrogens is 322 g/mol. The molecule has 2 aliphatic rings. The summed E-state index contributed by atoms with van der Waals surface area (Å²) in [6.07, 6.45) is -0.0992. The lowest BCUT2D eigenvalue weighted by atomic mass is 9.84. The Hall–Kier alpha value is -2.37. The molecule has 0 aromatic heterocycles. The summed E-state index contributed by atoms with van der Waals surface area (Å²) in [5, 5.41) is 0. The molecule has 6 heteroatoms. The normalized spacial score (nSPS) is 20.3. The second-order valence-corrected chi connectivity index (χ2v) is 7.58. The molecule has 3 rings (SSSR count). The van der Waals surface area contributed by atoms with E-state index >= 15 is 0 Å². The highest BCUT2D eigenvalue weighted by atomic mass is 16.6. The highest BCUT2D eigenvalue weighted by Gasteiger charge is 2.35. The lowest BCUT2D eigenvalue weighted by Crippen LogP contribution is -2.45. The summed E-state index contributed by atoms with van der Waals surface area (Å²) in [5.41, 5.74) is 2.58. The summed E-state index contributed by atoms with van der Waals surface area (Å²) >= 11 is 0. The fraction of sp³-hybridized carbons (Fsp3) is 0.526. The molecule has 25 heavy (non-hydrogen) atoms. The van der Waals surface area contributed by atoms with E-state index in [1.807, 2.05) is 33.8 Å². The molecule has 0 aliphatic carbocycles. The Morgan fingerprint density at radius 1 is 1.28 bits per heavy atom. The van der Waals surface area contributed by atoms with Crippen LogP contribution in [0.3, 0.4) is 0 Å². The minimum atomic E-state index is -0.574. The van der Waals surface area contributed by atoms with Crippen molar-refractivity contribution in [1.82, 2.24) is 4.90 Å². The zero-order chi connectivity index (χ0) is 18.4. The van der Waals surface area contributed by atoms with Crippen LogP contribution in [0.15, 0.2) is 12.1 Å². The molecule has 2 heterocycles. The van der Waals surface area contributed by atoms with Crippen molar-refractivity contribution in [3.05, 3.63) is 34.4 Å². The average Bonchev–Trinajstić information content (AvgIpc) is 2.89. The van der Waals surface area contributed by atoms with Crippen molar-refractivity contribution in [3.63, 3.8) is 0 Å². The number of ether oxygens (including phenoxy) is 2. The van der Waals surface area contributed by atoms with Crippen molar-refractivity contribution in [2.45, 2.75) is 52.2 Å². The van der Waals surface area contributed by atoms with E-state index in [2.05, 4.69) is 0 Å².